The molecular weight excluding hydrogens is 370 g/mol. The number of hydrogen-bond acceptors (Lipinski definition) is 4. The Labute approximate surface area is 168 Å². The van der Waals surface area contributed by atoms with E-state index < -0.39 is 6.09 Å². The number of benzene rings is 2. The summed E-state index contributed by atoms with van der Waals surface area (Å²) < 4.78 is 6.38. The number of hydrogen-bond donors (Lipinski definition) is 3. The first kappa shape index (κ1) is 19.9. The zero-order valence-corrected chi connectivity index (χ0v) is 16.1. The average molecular weight is 393 g/mol. The lowest BCUT2D eigenvalue weighted by Gasteiger charge is -2.08. The van der Waals surface area contributed by atoms with Gasteiger partial charge in [-0.25, -0.2) is 9.59 Å². The van der Waals surface area contributed by atoms with Gasteiger partial charge in [0.1, 0.15) is 0 Å². The summed E-state index contributed by atoms with van der Waals surface area (Å²) in [6.45, 7) is 1.45. The van der Waals surface area contributed by atoms with Crippen molar-refractivity contribution in [1.29, 1.82) is 0 Å². The summed E-state index contributed by atoms with van der Waals surface area (Å²) in [5, 5.41) is 12.5. The lowest BCUT2D eigenvalue weighted by atomic mass is 10.2. The Balaban J connectivity index is 1.40. The predicted octanol–water partition coefficient (Wildman–Crippen LogP) is 3.11. The van der Waals surface area contributed by atoms with Crippen molar-refractivity contribution < 1.29 is 14.3 Å². The minimum atomic E-state index is -0.526. The number of nitrogens with one attached hydrogen (secondary N) is 3. The molecule has 3 aromatic rings. The van der Waals surface area contributed by atoms with Gasteiger partial charge in [-0.3, -0.25) is 10.00 Å². The molecule has 0 spiro atoms. The molecule has 0 radical (unpaired) electrons. The van der Waals surface area contributed by atoms with Crippen LogP contribution in [0.2, 0.25) is 0 Å². The first-order valence-corrected chi connectivity index (χ1v) is 9.13. The van der Waals surface area contributed by atoms with E-state index in [2.05, 4.69) is 25.8 Å². The van der Waals surface area contributed by atoms with Crippen LogP contribution in [-0.2, 0) is 24.4 Å². The van der Waals surface area contributed by atoms with Crippen molar-refractivity contribution >= 4 is 17.8 Å². The molecule has 3 amide bonds. The molecule has 3 rings (SSSR count). The average Bonchev–Trinajstić information content (AvgIpc) is 3.19. The fourth-order valence-corrected chi connectivity index (χ4v) is 2.66. The third kappa shape index (κ3) is 6.39. The molecule has 0 saturated heterocycles. The van der Waals surface area contributed by atoms with Crippen molar-refractivity contribution in [1.82, 2.24) is 20.4 Å². The number of urea groups is 1. The molecule has 1 aromatic heterocycles. The first-order chi connectivity index (χ1) is 14.1. The van der Waals surface area contributed by atoms with E-state index in [0.717, 1.165) is 11.1 Å². The lowest BCUT2D eigenvalue weighted by Crippen LogP contribution is -2.34. The molecule has 0 unspecified atom stereocenters. The lowest BCUT2D eigenvalue weighted by molar-refractivity contribution is 0.187. The van der Waals surface area contributed by atoms with Crippen LogP contribution in [0.5, 0.6) is 0 Å². The number of ether oxygens (including phenoxy) is 1. The van der Waals surface area contributed by atoms with Crippen LogP contribution in [0, 0.1) is 0 Å². The zero-order valence-electron chi connectivity index (χ0n) is 16.1. The van der Waals surface area contributed by atoms with Gasteiger partial charge in [-0.15, -0.1) is 0 Å². The molecule has 8 nitrogen and oxygen atoms in total. The maximum atomic E-state index is 12.0. The third-order valence-corrected chi connectivity index (χ3v) is 4.17. The molecule has 0 bridgehead atoms. The van der Waals surface area contributed by atoms with Gasteiger partial charge in [0.15, 0.2) is 0 Å². The summed E-state index contributed by atoms with van der Waals surface area (Å²) >= 11 is 0. The molecule has 2 aromatic carbocycles. The van der Waals surface area contributed by atoms with Crippen molar-refractivity contribution in [2.45, 2.75) is 19.6 Å². The number of nitrogens with zero attached hydrogens (tertiary/aromatic N) is 2. The van der Waals surface area contributed by atoms with E-state index in [0.29, 0.717) is 25.3 Å². The molecule has 150 valence electrons. The fraction of sp³-hybridized carbons (Fsp3) is 0.190. The maximum Gasteiger partial charge on any atom is 0.411 e. The molecule has 0 aliphatic heterocycles. The Kier molecular flexibility index (Phi) is 6.83. The zero-order chi connectivity index (χ0) is 20.5. The summed E-state index contributed by atoms with van der Waals surface area (Å²) in [4.78, 5) is 23.2. The van der Waals surface area contributed by atoms with E-state index in [1.807, 2.05) is 53.3 Å². The van der Waals surface area contributed by atoms with Crippen LogP contribution >= 0.6 is 0 Å². The van der Waals surface area contributed by atoms with Crippen LogP contribution in [0.3, 0.4) is 0 Å². The highest BCUT2D eigenvalue weighted by Crippen LogP contribution is 2.09. The predicted molar refractivity (Wildman–Crippen MR) is 109 cm³/mol. The number of methoxy groups -OCH3 is 1. The number of amides is 3. The number of carbonyl (C=O) groups is 2. The molecule has 0 aliphatic rings. The Morgan fingerprint density at radius 1 is 0.931 bits per heavy atom. The molecule has 0 atom stereocenters. The van der Waals surface area contributed by atoms with Gasteiger partial charge >= 0.3 is 12.1 Å². The smallest absolute Gasteiger partial charge is 0.411 e. The second kappa shape index (κ2) is 9.93. The Hall–Kier alpha value is -3.81. The maximum absolute atomic E-state index is 12.0. The van der Waals surface area contributed by atoms with Crippen LogP contribution in [0.1, 0.15) is 16.7 Å². The van der Waals surface area contributed by atoms with Crippen LogP contribution in [0.4, 0.5) is 15.3 Å². The van der Waals surface area contributed by atoms with Gasteiger partial charge in [0.05, 0.1) is 19.9 Å². The molecule has 1 heterocycles. The van der Waals surface area contributed by atoms with E-state index in [9.17, 15) is 9.59 Å². The van der Waals surface area contributed by atoms with E-state index in [1.54, 1.807) is 18.3 Å². The highest BCUT2D eigenvalue weighted by atomic mass is 16.5. The van der Waals surface area contributed by atoms with Gasteiger partial charge in [0.2, 0.25) is 0 Å². The second-order valence-corrected chi connectivity index (χ2v) is 6.38. The van der Waals surface area contributed by atoms with E-state index in [-0.39, 0.29) is 6.03 Å². The number of carbonyl (C=O) groups excluding carboxylic acids is 2. The van der Waals surface area contributed by atoms with Gasteiger partial charge in [0, 0.05) is 30.5 Å². The van der Waals surface area contributed by atoms with Crippen molar-refractivity contribution in [3.8, 4) is 0 Å². The molecule has 29 heavy (non-hydrogen) atoms. The molecular formula is C21H23N5O3. The first-order valence-electron chi connectivity index (χ1n) is 9.13. The second-order valence-electron chi connectivity index (χ2n) is 6.38. The number of anilines is 1. The minimum absolute atomic E-state index is 0.266. The Morgan fingerprint density at radius 2 is 1.62 bits per heavy atom. The van der Waals surface area contributed by atoms with Crippen molar-refractivity contribution in [2.75, 3.05) is 12.4 Å². The van der Waals surface area contributed by atoms with E-state index in [1.165, 1.54) is 12.7 Å². The molecule has 3 N–H and O–H groups in total. The van der Waals surface area contributed by atoms with Crippen LogP contribution in [0.25, 0.3) is 0 Å². The Bertz CT molecular complexity index is 938. The molecule has 0 aliphatic carbocycles. The van der Waals surface area contributed by atoms with Gasteiger partial charge in [0.25, 0.3) is 0 Å². The van der Waals surface area contributed by atoms with Gasteiger partial charge < -0.3 is 15.4 Å². The van der Waals surface area contributed by atoms with Crippen LogP contribution in [-0.4, -0.2) is 29.0 Å². The minimum Gasteiger partial charge on any atom is -0.453 e. The largest absolute Gasteiger partial charge is 0.453 e. The highest BCUT2D eigenvalue weighted by molar-refractivity contribution is 5.84. The van der Waals surface area contributed by atoms with Gasteiger partial charge in [-0.1, -0.05) is 42.5 Å². The number of aromatic nitrogens is 2. The fourth-order valence-electron chi connectivity index (χ4n) is 2.66. The SMILES string of the molecule is COC(=O)Nc1ccc(CNC(=O)NCc2cnn(Cc3ccccc3)c2)cc1. The van der Waals surface area contributed by atoms with Crippen LogP contribution < -0.4 is 16.0 Å². The van der Waals surface area contributed by atoms with Crippen LogP contribution in [0.15, 0.2) is 67.0 Å². The van der Waals surface area contributed by atoms with E-state index in [4.69, 9.17) is 0 Å². The topological polar surface area (TPSA) is 97.3 Å². The summed E-state index contributed by atoms with van der Waals surface area (Å²) in [7, 11) is 1.31. The summed E-state index contributed by atoms with van der Waals surface area (Å²) in [6, 6.07) is 16.9. The van der Waals surface area contributed by atoms with E-state index >= 15 is 0 Å². The summed E-state index contributed by atoms with van der Waals surface area (Å²) in [5.41, 5.74) is 3.62. The van der Waals surface area contributed by atoms with Crippen molar-refractivity contribution in [2.24, 2.45) is 0 Å². The van der Waals surface area contributed by atoms with Gasteiger partial charge in [-0.05, 0) is 23.3 Å². The van der Waals surface area contributed by atoms with Gasteiger partial charge in [-0.2, -0.15) is 5.10 Å². The highest BCUT2D eigenvalue weighted by Gasteiger charge is 2.05. The normalized spacial score (nSPS) is 10.2. The summed E-state index contributed by atoms with van der Waals surface area (Å²) in [6.07, 6.45) is 3.14. The molecule has 8 heteroatoms. The third-order valence-electron chi connectivity index (χ3n) is 4.17. The molecule has 0 saturated carbocycles. The quantitative estimate of drug-likeness (QED) is 0.575. The van der Waals surface area contributed by atoms with Crippen molar-refractivity contribution in [3.63, 3.8) is 0 Å². The summed E-state index contributed by atoms with van der Waals surface area (Å²) in [5.74, 6) is 0. The monoisotopic (exact) mass is 393 g/mol. The standard InChI is InChI=1S/C21H23N5O3/c1-29-21(28)25-19-9-7-16(8-10-19)11-22-20(27)23-12-18-13-24-26(15-18)14-17-5-3-2-4-6-17/h2-10,13,15H,11-12,14H2,1H3,(H,25,28)(H2,22,23,27). The van der Waals surface area contributed by atoms with Crippen molar-refractivity contribution in [3.05, 3.63) is 83.7 Å². The molecule has 0 fully saturated rings. The number of rotatable bonds is 7. The Morgan fingerprint density at radius 3 is 2.31 bits per heavy atom.